The van der Waals surface area contributed by atoms with Crippen LogP contribution >= 0.6 is 0 Å². The number of rotatable bonds is 2. The molecule has 0 saturated carbocycles. The highest BCUT2D eigenvalue weighted by molar-refractivity contribution is 5.80. The molecule has 1 aliphatic rings. The number of carboxylic acid groups (broad SMARTS) is 1. The average molecular weight is 227 g/mol. The molecular formula is C14H13NO2. The van der Waals surface area contributed by atoms with Gasteiger partial charge in [0.15, 0.2) is 5.41 Å². The molecule has 0 aliphatic heterocycles. The van der Waals surface area contributed by atoms with Crippen LogP contribution in [0.3, 0.4) is 0 Å². The first-order chi connectivity index (χ1) is 8.20. The number of allylic oxidation sites excluding steroid dienone is 2. The zero-order chi connectivity index (χ0) is 12.3. The Balaban J connectivity index is 2.48. The van der Waals surface area contributed by atoms with Gasteiger partial charge in [0.1, 0.15) is 0 Å². The molecule has 0 radical (unpaired) electrons. The van der Waals surface area contributed by atoms with Crippen LogP contribution in [0.5, 0.6) is 0 Å². The SMILES string of the molecule is N#C[C@@]1(C(=O)O)CC=CC[C@H]1c1ccccc1. The maximum Gasteiger partial charge on any atom is 0.325 e. The van der Waals surface area contributed by atoms with Gasteiger partial charge in [0.05, 0.1) is 6.07 Å². The van der Waals surface area contributed by atoms with Crippen LogP contribution in [0.1, 0.15) is 24.3 Å². The Hall–Kier alpha value is -2.08. The molecule has 1 aliphatic carbocycles. The first-order valence-corrected chi connectivity index (χ1v) is 5.55. The molecule has 17 heavy (non-hydrogen) atoms. The number of nitriles is 1. The molecule has 3 nitrogen and oxygen atoms in total. The second-order valence-corrected chi connectivity index (χ2v) is 4.26. The van der Waals surface area contributed by atoms with Gasteiger partial charge in [0, 0.05) is 5.92 Å². The number of hydrogen-bond acceptors (Lipinski definition) is 2. The summed E-state index contributed by atoms with van der Waals surface area (Å²) in [4.78, 5) is 11.4. The second-order valence-electron chi connectivity index (χ2n) is 4.26. The van der Waals surface area contributed by atoms with E-state index in [9.17, 15) is 15.2 Å². The summed E-state index contributed by atoms with van der Waals surface area (Å²) in [6.45, 7) is 0. The van der Waals surface area contributed by atoms with E-state index in [4.69, 9.17) is 0 Å². The van der Waals surface area contributed by atoms with Crippen LogP contribution in [0, 0.1) is 16.7 Å². The van der Waals surface area contributed by atoms with Gasteiger partial charge in [-0.25, -0.2) is 0 Å². The number of aliphatic carboxylic acids is 1. The molecule has 0 amide bonds. The Morgan fingerprint density at radius 2 is 2.06 bits per heavy atom. The Labute approximate surface area is 100 Å². The van der Waals surface area contributed by atoms with Crippen LogP contribution < -0.4 is 0 Å². The van der Waals surface area contributed by atoms with Gasteiger partial charge in [-0.1, -0.05) is 42.5 Å². The molecule has 0 heterocycles. The van der Waals surface area contributed by atoms with E-state index in [-0.39, 0.29) is 12.3 Å². The van der Waals surface area contributed by atoms with E-state index in [0.717, 1.165) is 5.56 Å². The molecular weight excluding hydrogens is 214 g/mol. The van der Waals surface area contributed by atoms with E-state index >= 15 is 0 Å². The molecule has 0 saturated heterocycles. The average Bonchev–Trinajstić information content (AvgIpc) is 2.39. The van der Waals surface area contributed by atoms with Crippen LogP contribution in [0.4, 0.5) is 0 Å². The fourth-order valence-corrected chi connectivity index (χ4v) is 2.36. The van der Waals surface area contributed by atoms with Gasteiger partial charge in [0.25, 0.3) is 0 Å². The summed E-state index contributed by atoms with van der Waals surface area (Å²) in [5.41, 5.74) is -0.406. The predicted molar refractivity (Wildman–Crippen MR) is 63.2 cm³/mol. The van der Waals surface area contributed by atoms with Gasteiger partial charge in [-0.05, 0) is 18.4 Å². The normalized spacial score (nSPS) is 27.4. The number of benzene rings is 1. The van der Waals surface area contributed by atoms with E-state index in [1.807, 2.05) is 42.5 Å². The van der Waals surface area contributed by atoms with Gasteiger partial charge in [-0.15, -0.1) is 0 Å². The number of carbonyl (C=O) groups is 1. The molecule has 2 atom stereocenters. The highest BCUT2D eigenvalue weighted by atomic mass is 16.4. The standard InChI is InChI=1S/C14H13NO2/c15-10-14(13(16)17)9-5-4-8-12(14)11-6-2-1-3-7-11/h1-7,12H,8-9H2,(H,16,17)/t12-,14-/m0/s1. The molecule has 0 spiro atoms. The predicted octanol–water partition coefficient (Wildman–Crippen LogP) is 2.71. The second kappa shape index (κ2) is 4.42. The fourth-order valence-electron chi connectivity index (χ4n) is 2.36. The lowest BCUT2D eigenvalue weighted by molar-refractivity contribution is -0.146. The molecule has 0 fully saturated rings. The van der Waals surface area contributed by atoms with Crippen molar-refractivity contribution in [2.75, 3.05) is 0 Å². The maximum absolute atomic E-state index is 11.4. The van der Waals surface area contributed by atoms with Crippen molar-refractivity contribution in [3.05, 3.63) is 48.0 Å². The third-order valence-corrected chi connectivity index (χ3v) is 3.36. The van der Waals surface area contributed by atoms with E-state index in [0.29, 0.717) is 6.42 Å². The lowest BCUT2D eigenvalue weighted by Crippen LogP contribution is -2.37. The molecule has 86 valence electrons. The quantitative estimate of drug-likeness (QED) is 0.790. The summed E-state index contributed by atoms with van der Waals surface area (Å²) in [5, 5.41) is 18.6. The summed E-state index contributed by atoms with van der Waals surface area (Å²) in [6, 6.07) is 11.4. The number of carboxylic acids is 1. The summed E-state index contributed by atoms with van der Waals surface area (Å²) in [6.07, 6.45) is 4.62. The molecule has 0 aromatic heterocycles. The van der Waals surface area contributed by atoms with Crippen molar-refractivity contribution in [3.63, 3.8) is 0 Å². The van der Waals surface area contributed by atoms with Crippen molar-refractivity contribution in [3.8, 4) is 6.07 Å². The first kappa shape index (κ1) is 11.4. The molecule has 1 aromatic carbocycles. The van der Waals surface area contributed by atoms with Crippen LogP contribution in [0.15, 0.2) is 42.5 Å². The zero-order valence-electron chi connectivity index (χ0n) is 9.34. The Bertz CT molecular complexity index is 487. The van der Waals surface area contributed by atoms with Crippen molar-refractivity contribution in [1.29, 1.82) is 5.26 Å². The van der Waals surface area contributed by atoms with E-state index in [2.05, 4.69) is 0 Å². The van der Waals surface area contributed by atoms with Gasteiger partial charge in [0.2, 0.25) is 0 Å². The van der Waals surface area contributed by atoms with Crippen LogP contribution in [-0.2, 0) is 4.79 Å². The highest BCUT2D eigenvalue weighted by Crippen LogP contribution is 2.44. The van der Waals surface area contributed by atoms with E-state index in [1.54, 1.807) is 6.08 Å². The highest BCUT2D eigenvalue weighted by Gasteiger charge is 2.47. The molecule has 1 N–H and O–H groups in total. The van der Waals surface area contributed by atoms with Gasteiger partial charge in [-0.2, -0.15) is 5.26 Å². The Morgan fingerprint density at radius 1 is 1.35 bits per heavy atom. The summed E-state index contributed by atoms with van der Waals surface area (Å²) < 4.78 is 0. The monoisotopic (exact) mass is 227 g/mol. The summed E-state index contributed by atoms with van der Waals surface area (Å²) >= 11 is 0. The molecule has 0 unspecified atom stereocenters. The van der Waals surface area contributed by atoms with Crippen LogP contribution in [0.25, 0.3) is 0 Å². The summed E-state index contributed by atoms with van der Waals surface area (Å²) in [7, 11) is 0. The minimum absolute atomic E-state index is 0.267. The number of hydrogen-bond donors (Lipinski definition) is 1. The third kappa shape index (κ3) is 1.83. The summed E-state index contributed by atoms with van der Waals surface area (Å²) in [5.74, 6) is -1.30. The minimum Gasteiger partial charge on any atom is -0.480 e. The van der Waals surface area contributed by atoms with Crippen molar-refractivity contribution >= 4 is 5.97 Å². The Morgan fingerprint density at radius 3 is 2.65 bits per heavy atom. The van der Waals surface area contributed by atoms with Crippen molar-refractivity contribution in [2.24, 2.45) is 5.41 Å². The fraction of sp³-hybridized carbons (Fsp3) is 0.286. The van der Waals surface area contributed by atoms with Crippen LogP contribution in [-0.4, -0.2) is 11.1 Å². The Kier molecular flexibility index (Phi) is 2.97. The lowest BCUT2D eigenvalue weighted by atomic mass is 9.67. The first-order valence-electron chi connectivity index (χ1n) is 5.55. The van der Waals surface area contributed by atoms with Gasteiger partial charge < -0.3 is 5.11 Å². The minimum atomic E-state index is -1.32. The van der Waals surface area contributed by atoms with Crippen molar-refractivity contribution in [1.82, 2.24) is 0 Å². The van der Waals surface area contributed by atoms with E-state index in [1.165, 1.54) is 0 Å². The topological polar surface area (TPSA) is 61.1 Å². The van der Waals surface area contributed by atoms with Crippen LogP contribution in [0.2, 0.25) is 0 Å². The van der Waals surface area contributed by atoms with Gasteiger partial charge >= 0.3 is 5.97 Å². The molecule has 3 heteroatoms. The maximum atomic E-state index is 11.4. The molecule has 2 rings (SSSR count). The van der Waals surface area contributed by atoms with E-state index < -0.39 is 11.4 Å². The lowest BCUT2D eigenvalue weighted by Gasteiger charge is -2.32. The molecule has 0 bridgehead atoms. The van der Waals surface area contributed by atoms with Gasteiger partial charge in [-0.3, -0.25) is 4.79 Å². The largest absolute Gasteiger partial charge is 0.480 e. The van der Waals surface area contributed by atoms with Crippen molar-refractivity contribution in [2.45, 2.75) is 18.8 Å². The molecule has 1 aromatic rings. The zero-order valence-corrected chi connectivity index (χ0v) is 9.34. The van der Waals surface area contributed by atoms with Crippen molar-refractivity contribution < 1.29 is 9.90 Å². The third-order valence-electron chi connectivity index (χ3n) is 3.36. The number of nitrogens with zero attached hydrogens (tertiary/aromatic N) is 1. The smallest absolute Gasteiger partial charge is 0.325 e.